The fraction of sp³-hybridized carbons (Fsp3) is 0.207. The molecule has 1 fully saturated rings. The number of imidazole rings is 1. The highest BCUT2D eigenvalue weighted by molar-refractivity contribution is 6.34. The molecule has 3 aromatic heterocycles. The molecule has 8 rings (SSSR count). The van der Waals surface area contributed by atoms with Crippen LogP contribution >= 0.6 is 34.8 Å². The number of allylic oxidation sites excluding steroid dienone is 1. The maximum absolute atomic E-state index is 13.7. The van der Waals surface area contributed by atoms with Gasteiger partial charge in [0, 0.05) is 39.5 Å². The lowest BCUT2D eigenvalue weighted by Gasteiger charge is -2.22. The van der Waals surface area contributed by atoms with E-state index in [9.17, 15) is 4.79 Å². The molecular weight excluding hydrogens is 583 g/mol. The Labute approximate surface area is 248 Å². The van der Waals surface area contributed by atoms with E-state index in [1.165, 1.54) is 0 Å². The molecule has 5 aromatic rings. The zero-order valence-electron chi connectivity index (χ0n) is 21.4. The number of fused-ring (bicyclic) bond motifs is 4. The van der Waals surface area contributed by atoms with Crippen LogP contribution in [0, 0.1) is 5.92 Å². The topological polar surface area (TPSA) is 106 Å². The van der Waals surface area contributed by atoms with Gasteiger partial charge in [-0.2, -0.15) is 0 Å². The van der Waals surface area contributed by atoms with Crippen molar-refractivity contribution in [2.24, 2.45) is 5.92 Å². The summed E-state index contributed by atoms with van der Waals surface area (Å²) in [7, 11) is 0. The first-order valence-electron chi connectivity index (χ1n) is 13.2. The highest BCUT2D eigenvalue weighted by Gasteiger charge is 2.55. The molecule has 2 aliphatic heterocycles. The quantitative estimate of drug-likeness (QED) is 0.246. The number of hydrogen-bond acceptors (Lipinski definition) is 6. The van der Waals surface area contributed by atoms with Gasteiger partial charge in [-0.15, -0.1) is 5.10 Å². The van der Waals surface area contributed by atoms with Gasteiger partial charge in [0.2, 0.25) is 0 Å². The Kier molecular flexibility index (Phi) is 5.48. The summed E-state index contributed by atoms with van der Waals surface area (Å²) in [6, 6.07) is 10.6. The fourth-order valence-corrected chi connectivity index (χ4v) is 6.84. The number of nitrogens with one attached hydrogen (secondary N) is 2. The van der Waals surface area contributed by atoms with E-state index in [1.807, 2.05) is 12.1 Å². The predicted molar refractivity (Wildman–Crippen MR) is 158 cm³/mol. The van der Waals surface area contributed by atoms with Crippen LogP contribution in [0.1, 0.15) is 42.0 Å². The second-order valence-electron chi connectivity index (χ2n) is 10.7. The van der Waals surface area contributed by atoms with Crippen LogP contribution in [0.25, 0.3) is 28.2 Å². The molecule has 0 saturated heterocycles. The van der Waals surface area contributed by atoms with E-state index in [0.717, 1.165) is 59.1 Å². The molecule has 3 unspecified atom stereocenters. The molecule has 1 aliphatic carbocycles. The predicted octanol–water partition coefficient (Wildman–Crippen LogP) is 6.42. The molecule has 2 N–H and O–H groups in total. The van der Waals surface area contributed by atoms with Crippen LogP contribution in [-0.2, 0) is 6.42 Å². The minimum Gasteiger partial charge on any atom is -0.359 e. The Morgan fingerprint density at radius 2 is 1.93 bits per heavy atom. The first-order chi connectivity index (χ1) is 19.9. The van der Waals surface area contributed by atoms with E-state index in [-0.39, 0.29) is 28.6 Å². The van der Waals surface area contributed by atoms with Crippen molar-refractivity contribution in [3.05, 3.63) is 104 Å². The van der Waals surface area contributed by atoms with Gasteiger partial charge in [0.15, 0.2) is 5.15 Å². The summed E-state index contributed by atoms with van der Waals surface area (Å²) in [4.78, 5) is 26.8. The normalized spacial score (nSPS) is 20.4. The Bertz CT molecular complexity index is 1980. The van der Waals surface area contributed by atoms with Gasteiger partial charge in [-0.05, 0) is 61.1 Å². The molecule has 3 atom stereocenters. The molecule has 0 radical (unpaired) electrons. The smallest absolute Gasteiger partial charge is 0.254 e. The summed E-state index contributed by atoms with van der Waals surface area (Å²) in [5.74, 6) is 1.90. The van der Waals surface area contributed by atoms with E-state index in [0.29, 0.717) is 27.0 Å². The summed E-state index contributed by atoms with van der Waals surface area (Å²) in [5, 5.41) is 12.8. The Morgan fingerprint density at radius 1 is 1.05 bits per heavy atom. The van der Waals surface area contributed by atoms with Gasteiger partial charge in [0.05, 0.1) is 40.5 Å². The van der Waals surface area contributed by atoms with Crippen molar-refractivity contribution in [2.75, 3.05) is 5.32 Å². The largest absolute Gasteiger partial charge is 0.359 e. The number of anilines is 1. The Morgan fingerprint density at radius 3 is 2.76 bits per heavy atom. The molecule has 5 heterocycles. The Hall–Kier alpha value is -3.92. The molecule has 2 aromatic carbocycles. The number of rotatable bonds is 4. The van der Waals surface area contributed by atoms with Gasteiger partial charge in [-0.3, -0.25) is 9.36 Å². The SMILES string of the molecule is C=C1CCc2c(ccc(-c3cnc(C4C5CC5c5nc(-c6cc(Cl)ccc6-n6cc(Cl)nn6)cc(=O)n54)[nH]3)c2Cl)N1. The standard InChI is InChI=1S/C29H21Cl3N8O/c1-13-2-4-15-20(34-13)6-5-16(26(15)32)22-11-33-28(35-22)27-17-9-18(17)29-36-21(10-25(41)40(27)29)19-8-14(30)3-7-23(19)39-12-24(31)37-38-39/h3,5-8,10-12,17-18,27,34H,1-2,4,9H2,(H,33,35). The zero-order valence-corrected chi connectivity index (χ0v) is 23.7. The maximum Gasteiger partial charge on any atom is 0.254 e. The number of halogens is 3. The van der Waals surface area contributed by atoms with E-state index in [4.69, 9.17) is 44.8 Å². The lowest BCUT2D eigenvalue weighted by Crippen LogP contribution is -2.27. The summed E-state index contributed by atoms with van der Waals surface area (Å²) in [5.41, 5.74) is 6.45. The summed E-state index contributed by atoms with van der Waals surface area (Å²) >= 11 is 19.2. The van der Waals surface area contributed by atoms with Crippen molar-refractivity contribution in [2.45, 2.75) is 31.2 Å². The van der Waals surface area contributed by atoms with Crippen molar-refractivity contribution in [3.63, 3.8) is 0 Å². The molecule has 12 heteroatoms. The van der Waals surface area contributed by atoms with E-state index >= 15 is 0 Å². The van der Waals surface area contributed by atoms with Gasteiger partial charge >= 0.3 is 0 Å². The molecule has 204 valence electrons. The van der Waals surface area contributed by atoms with Gasteiger partial charge in [0.1, 0.15) is 11.6 Å². The van der Waals surface area contributed by atoms with Crippen LogP contribution in [0.2, 0.25) is 15.2 Å². The number of aromatic nitrogens is 7. The molecule has 0 bridgehead atoms. The van der Waals surface area contributed by atoms with E-state index < -0.39 is 0 Å². The van der Waals surface area contributed by atoms with Crippen LogP contribution in [0.3, 0.4) is 0 Å². The van der Waals surface area contributed by atoms with Crippen LogP contribution in [0.15, 0.2) is 65.9 Å². The third-order valence-corrected chi connectivity index (χ3v) is 9.02. The lowest BCUT2D eigenvalue weighted by atomic mass is 9.98. The van der Waals surface area contributed by atoms with E-state index in [1.54, 1.807) is 45.9 Å². The molecule has 0 amide bonds. The van der Waals surface area contributed by atoms with Crippen molar-refractivity contribution < 1.29 is 0 Å². The van der Waals surface area contributed by atoms with Crippen LogP contribution in [0.5, 0.6) is 0 Å². The van der Waals surface area contributed by atoms with Crippen molar-refractivity contribution in [3.8, 4) is 28.2 Å². The fourth-order valence-electron chi connectivity index (χ4n) is 6.18. The number of benzene rings is 2. The van der Waals surface area contributed by atoms with Gasteiger partial charge < -0.3 is 10.3 Å². The molecule has 41 heavy (non-hydrogen) atoms. The molecule has 3 aliphatic rings. The lowest BCUT2D eigenvalue weighted by molar-refractivity contribution is 0.510. The molecular formula is C29H21Cl3N8O. The maximum atomic E-state index is 13.7. The van der Waals surface area contributed by atoms with Gasteiger partial charge in [-0.1, -0.05) is 46.6 Å². The number of H-pyrrole nitrogens is 1. The monoisotopic (exact) mass is 602 g/mol. The summed E-state index contributed by atoms with van der Waals surface area (Å²) < 4.78 is 3.32. The average Bonchev–Trinajstić information content (AvgIpc) is 3.24. The summed E-state index contributed by atoms with van der Waals surface area (Å²) in [6.07, 6.45) is 6.00. The highest BCUT2D eigenvalue weighted by Crippen LogP contribution is 2.60. The van der Waals surface area contributed by atoms with Gasteiger partial charge in [0.25, 0.3) is 5.56 Å². The number of nitrogens with zero attached hydrogens (tertiary/aromatic N) is 6. The average molecular weight is 604 g/mol. The van der Waals surface area contributed by atoms with Crippen molar-refractivity contribution in [1.82, 2.24) is 34.5 Å². The first kappa shape index (κ1) is 24.8. The number of aromatic amines is 1. The van der Waals surface area contributed by atoms with Crippen LogP contribution in [-0.4, -0.2) is 34.5 Å². The third-order valence-electron chi connectivity index (χ3n) is 8.18. The van der Waals surface area contributed by atoms with Crippen molar-refractivity contribution in [1.29, 1.82) is 0 Å². The molecule has 1 saturated carbocycles. The second kappa shape index (κ2) is 9.04. The number of hydrogen-bond donors (Lipinski definition) is 2. The van der Waals surface area contributed by atoms with E-state index in [2.05, 4.69) is 27.2 Å². The summed E-state index contributed by atoms with van der Waals surface area (Å²) in [6.45, 7) is 4.03. The van der Waals surface area contributed by atoms with Gasteiger partial charge in [-0.25, -0.2) is 14.6 Å². The van der Waals surface area contributed by atoms with Crippen molar-refractivity contribution >= 4 is 40.5 Å². The van der Waals surface area contributed by atoms with Crippen LogP contribution < -0.4 is 10.9 Å². The highest BCUT2D eigenvalue weighted by atomic mass is 35.5. The molecule has 9 nitrogen and oxygen atoms in total. The second-order valence-corrected chi connectivity index (χ2v) is 11.9. The minimum atomic E-state index is -0.229. The zero-order chi connectivity index (χ0) is 28.0. The first-order valence-corrected chi connectivity index (χ1v) is 14.3. The Balaban J connectivity index is 1.18. The molecule has 0 spiro atoms. The van der Waals surface area contributed by atoms with Crippen LogP contribution in [0.4, 0.5) is 5.69 Å². The minimum absolute atomic E-state index is 0.152. The third kappa shape index (κ3) is 3.94.